The van der Waals surface area contributed by atoms with Crippen molar-refractivity contribution in [3.63, 3.8) is 0 Å². The van der Waals surface area contributed by atoms with Crippen LogP contribution < -0.4 is 26.8 Å². The van der Waals surface area contributed by atoms with Crippen LogP contribution in [-0.4, -0.2) is 64.2 Å². The van der Waals surface area contributed by atoms with Crippen molar-refractivity contribution >= 4 is 27.3 Å². The van der Waals surface area contributed by atoms with Crippen LogP contribution in [0.15, 0.2) is 10.9 Å². The van der Waals surface area contributed by atoms with Crippen LogP contribution in [0.25, 0.3) is 0 Å². The van der Waals surface area contributed by atoms with Gasteiger partial charge in [-0.05, 0) is 40.0 Å². The zero-order valence-electron chi connectivity index (χ0n) is 19.3. The molecular weight excluding hydrogens is 432 g/mol. The maximum absolute atomic E-state index is 11.8. The predicted molar refractivity (Wildman–Crippen MR) is 125 cm³/mol. The number of H-pyrrole nitrogens is 1. The number of unbranched alkanes of at least 4 members (excludes halogenated alkanes) is 3. The molecule has 1 heterocycles. The molecule has 0 radical (unpaired) electrons. The van der Waals surface area contributed by atoms with Crippen LogP contribution in [-0.2, 0) is 8.85 Å². The van der Waals surface area contributed by atoms with E-state index in [1.165, 1.54) is 6.07 Å². The smallest absolute Gasteiger partial charge is 0.338 e. The third-order valence-corrected chi connectivity index (χ3v) is 6.21. The standard InChI is InChI=1S/C20H36N6O5Si/c1-4-30-32(31-5-2)14-10-13-22-19(28)21-11-8-6-7-9-12-23-20(29)26-18-24-16(3)15-17(27)25-18/h15H,4-14H2,1-3H3,(H4-,21,22,23,24,25,26,27,28,29)/p+1. The fourth-order valence-corrected chi connectivity index (χ4v) is 4.28. The Labute approximate surface area is 191 Å². The van der Waals surface area contributed by atoms with Crippen molar-refractivity contribution in [2.45, 2.75) is 58.9 Å². The number of rotatable bonds is 16. The molecule has 1 aromatic heterocycles. The Hall–Kier alpha value is -2.44. The number of hydrogen-bond donors (Lipinski definition) is 5. The number of nitrogens with one attached hydrogen (secondary N) is 5. The molecule has 5 N–H and O–H groups in total. The van der Waals surface area contributed by atoms with Crippen LogP contribution in [0.5, 0.6) is 0 Å². The lowest BCUT2D eigenvalue weighted by molar-refractivity contribution is 0.212. The Morgan fingerprint density at radius 3 is 2.06 bits per heavy atom. The highest BCUT2D eigenvalue weighted by Gasteiger charge is 2.30. The summed E-state index contributed by atoms with van der Waals surface area (Å²) in [5.41, 5.74) is 0.220. The molecule has 0 aliphatic carbocycles. The van der Waals surface area contributed by atoms with E-state index in [4.69, 9.17) is 8.85 Å². The quantitative estimate of drug-likeness (QED) is 0.185. The second kappa shape index (κ2) is 17.2. The molecule has 0 unspecified atom stereocenters. The molecule has 0 fully saturated rings. The highest BCUT2D eigenvalue weighted by atomic mass is 28.3. The molecule has 32 heavy (non-hydrogen) atoms. The van der Waals surface area contributed by atoms with Gasteiger partial charge in [-0.2, -0.15) is 0 Å². The third-order valence-electron chi connectivity index (χ3n) is 4.23. The molecule has 0 atom stereocenters. The van der Waals surface area contributed by atoms with Crippen molar-refractivity contribution in [1.29, 1.82) is 0 Å². The summed E-state index contributed by atoms with van der Waals surface area (Å²) >= 11 is 0. The second-order valence-electron chi connectivity index (χ2n) is 7.05. The average Bonchev–Trinajstić information content (AvgIpc) is 2.72. The maximum Gasteiger partial charge on any atom is 0.643 e. The van der Waals surface area contributed by atoms with E-state index in [1.807, 2.05) is 13.8 Å². The number of carbonyl (C=O) groups excluding carboxylic acids is 2. The molecule has 0 bridgehead atoms. The largest absolute Gasteiger partial charge is 0.643 e. The summed E-state index contributed by atoms with van der Waals surface area (Å²) in [4.78, 5) is 41.4. The van der Waals surface area contributed by atoms with Crippen LogP contribution in [0.3, 0.4) is 0 Å². The molecule has 0 saturated heterocycles. The van der Waals surface area contributed by atoms with Crippen molar-refractivity contribution in [3.8, 4) is 0 Å². The molecular formula is C20H37N6O5Si+. The van der Waals surface area contributed by atoms with Gasteiger partial charge in [-0.1, -0.05) is 12.8 Å². The number of carbonyl (C=O) groups is 2. The maximum atomic E-state index is 11.8. The number of hydrogen-bond acceptors (Lipinski definition) is 6. The SMILES string of the molecule is CCO[Si+](CCCNC(=O)NCCCCCCNC(=O)Nc1nc(C)cc(=O)[nH]1)OCC. The highest BCUT2D eigenvalue weighted by Crippen LogP contribution is 2.01. The van der Waals surface area contributed by atoms with E-state index in [0.717, 1.165) is 38.1 Å². The lowest BCUT2D eigenvalue weighted by Gasteiger charge is -2.08. The first-order valence-corrected chi connectivity index (χ1v) is 12.7. The van der Waals surface area contributed by atoms with Crippen LogP contribution in [0.1, 0.15) is 51.6 Å². The molecule has 0 saturated carbocycles. The molecule has 12 heteroatoms. The third kappa shape index (κ3) is 13.8. The topological polar surface area (TPSA) is 146 Å². The lowest BCUT2D eigenvalue weighted by atomic mass is 10.2. The molecule has 1 aromatic rings. The zero-order valence-corrected chi connectivity index (χ0v) is 20.3. The van der Waals surface area contributed by atoms with E-state index in [1.54, 1.807) is 6.92 Å². The van der Waals surface area contributed by atoms with Crippen LogP contribution in [0.4, 0.5) is 15.5 Å². The molecule has 0 spiro atoms. The number of anilines is 1. The minimum atomic E-state index is -1.22. The van der Waals surface area contributed by atoms with Crippen molar-refractivity contribution in [2.24, 2.45) is 0 Å². The van der Waals surface area contributed by atoms with Gasteiger partial charge in [0.05, 0.1) is 13.2 Å². The summed E-state index contributed by atoms with van der Waals surface area (Å²) in [6, 6.07) is 1.63. The van der Waals surface area contributed by atoms with Gasteiger partial charge in [0.25, 0.3) is 5.56 Å². The Balaban J connectivity index is 1.98. The number of nitrogens with zero attached hydrogens (tertiary/aromatic N) is 1. The lowest BCUT2D eigenvalue weighted by Crippen LogP contribution is -2.37. The normalized spacial score (nSPS) is 10.5. The van der Waals surface area contributed by atoms with Gasteiger partial charge in [-0.15, -0.1) is 0 Å². The molecule has 180 valence electrons. The van der Waals surface area contributed by atoms with Gasteiger partial charge >= 0.3 is 21.3 Å². The number of aryl methyl sites for hydroxylation is 1. The monoisotopic (exact) mass is 469 g/mol. The Morgan fingerprint density at radius 2 is 1.50 bits per heavy atom. The van der Waals surface area contributed by atoms with E-state index in [2.05, 4.69) is 31.2 Å². The zero-order chi connectivity index (χ0) is 23.6. The van der Waals surface area contributed by atoms with E-state index < -0.39 is 15.3 Å². The van der Waals surface area contributed by atoms with Crippen molar-refractivity contribution < 1.29 is 18.4 Å². The molecule has 1 rings (SSSR count). The molecule has 11 nitrogen and oxygen atoms in total. The van der Waals surface area contributed by atoms with Crippen molar-refractivity contribution in [3.05, 3.63) is 22.1 Å². The Morgan fingerprint density at radius 1 is 0.938 bits per heavy atom. The van der Waals surface area contributed by atoms with Gasteiger partial charge in [0, 0.05) is 31.4 Å². The number of aromatic nitrogens is 2. The molecule has 4 amide bonds. The molecule has 0 aliphatic heterocycles. The average molecular weight is 470 g/mol. The van der Waals surface area contributed by atoms with E-state index >= 15 is 0 Å². The van der Waals surface area contributed by atoms with Gasteiger partial charge in [0.1, 0.15) is 6.04 Å². The summed E-state index contributed by atoms with van der Waals surface area (Å²) < 4.78 is 11.1. The number of urea groups is 2. The number of aromatic amines is 1. The first kappa shape index (κ1) is 27.6. The van der Waals surface area contributed by atoms with E-state index in [-0.39, 0.29) is 17.5 Å². The fourth-order valence-electron chi connectivity index (χ4n) is 2.80. The summed E-state index contributed by atoms with van der Waals surface area (Å²) in [5.74, 6) is 0.127. The predicted octanol–water partition coefficient (Wildman–Crippen LogP) is 2.01. The Kier molecular flexibility index (Phi) is 14.8. The molecule has 0 aliphatic rings. The van der Waals surface area contributed by atoms with Gasteiger partial charge in [0.2, 0.25) is 5.95 Å². The van der Waals surface area contributed by atoms with E-state index in [0.29, 0.717) is 38.5 Å². The number of amides is 4. The fraction of sp³-hybridized carbons (Fsp3) is 0.700. The van der Waals surface area contributed by atoms with Crippen LogP contribution >= 0.6 is 0 Å². The van der Waals surface area contributed by atoms with Crippen molar-refractivity contribution in [2.75, 3.05) is 38.2 Å². The highest BCUT2D eigenvalue weighted by molar-refractivity contribution is 6.44. The second-order valence-corrected chi connectivity index (χ2v) is 8.88. The van der Waals surface area contributed by atoms with Gasteiger partial charge < -0.3 is 16.0 Å². The van der Waals surface area contributed by atoms with Crippen LogP contribution in [0, 0.1) is 6.92 Å². The summed E-state index contributed by atoms with van der Waals surface area (Å²) in [6.45, 7) is 8.62. The first-order chi connectivity index (χ1) is 15.4. The van der Waals surface area contributed by atoms with Gasteiger partial charge in [-0.25, -0.2) is 23.4 Å². The van der Waals surface area contributed by atoms with Gasteiger partial charge in [-0.3, -0.25) is 15.1 Å². The first-order valence-electron chi connectivity index (χ1n) is 11.2. The van der Waals surface area contributed by atoms with E-state index in [9.17, 15) is 14.4 Å². The Bertz CT molecular complexity index is 727. The summed E-state index contributed by atoms with van der Waals surface area (Å²) in [6.07, 6.45) is 4.41. The summed E-state index contributed by atoms with van der Waals surface area (Å²) in [7, 11) is -1.22. The van der Waals surface area contributed by atoms with Crippen molar-refractivity contribution in [1.82, 2.24) is 25.9 Å². The van der Waals surface area contributed by atoms with Gasteiger partial charge in [0.15, 0.2) is 0 Å². The minimum Gasteiger partial charge on any atom is -0.338 e. The van der Waals surface area contributed by atoms with Crippen LogP contribution in [0.2, 0.25) is 6.04 Å². The molecule has 0 aromatic carbocycles. The minimum absolute atomic E-state index is 0.127. The summed E-state index contributed by atoms with van der Waals surface area (Å²) in [5, 5.41) is 10.9.